The van der Waals surface area contributed by atoms with Crippen molar-refractivity contribution >= 4 is 22.2 Å². The van der Waals surface area contributed by atoms with Crippen molar-refractivity contribution in [1.82, 2.24) is 4.98 Å². The Kier molecular flexibility index (Phi) is 3.50. The number of aryl methyl sites for hydroxylation is 1. The maximum atomic E-state index is 9.55. The van der Waals surface area contributed by atoms with E-state index in [1.807, 2.05) is 36.6 Å². The first-order valence-electron chi connectivity index (χ1n) is 6.44. The minimum atomic E-state index is -0.145. The zero-order valence-electron chi connectivity index (χ0n) is 11.4. The van der Waals surface area contributed by atoms with Gasteiger partial charge in [-0.25, -0.2) is 4.98 Å². The maximum absolute atomic E-state index is 9.55. The molecule has 2 aromatic carbocycles. The summed E-state index contributed by atoms with van der Waals surface area (Å²) in [5.41, 5.74) is 3.69. The molecule has 0 fully saturated rings. The molecule has 3 aromatic rings. The molecule has 0 saturated carbocycles. The van der Waals surface area contributed by atoms with Crippen LogP contribution >= 0.6 is 11.3 Å². The third-order valence-corrected chi connectivity index (χ3v) is 3.92. The lowest BCUT2D eigenvalue weighted by atomic mass is 10.1. The fourth-order valence-electron chi connectivity index (χ4n) is 1.97. The van der Waals surface area contributed by atoms with Crippen LogP contribution in [-0.4, -0.2) is 15.2 Å². The van der Waals surface area contributed by atoms with E-state index >= 15 is 0 Å². The highest BCUT2D eigenvalue weighted by Gasteiger charge is 2.08. The third kappa shape index (κ3) is 2.83. The predicted octanol–water partition coefficient (Wildman–Crippen LogP) is 4.27. The third-order valence-electron chi connectivity index (χ3n) is 3.16. The van der Waals surface area contributed by atoms with Crippen LogP contribution in [0.2, 0.25) is 0 Å². The van der Waals surface area contributed by atoms with Crippen molar-refractivity contribution in [3.05, 3.63) is 53.4 Å². The van der Waals surface area contributed by atoms with Crippen LogP contribution in [0.1, 0.15) is 5.56 Å². The number of aromatic nitrogens is 1. The van der Waals surface area contributed by atoms with Crippen LogP contribution in [0.4, 0.5) is 10.8 Å². The number of hydrogen-bond donors (Lipinski definition) is 3. The van der Waals surface area contributed by atoms with Gasteiger partial charge >= 0.3 is 0 Å². The summed E-state index contributed by atoms with van der Waals surface area (Å²) >= 11 is 1.49. The zero-order chi connectivity index (χ0) is 14.8. The molecule has 5 heteroatoms. The number of hydrogen-bond acceptors (Lipinski definition) is 5. The van der Waals surface area contributed by atoms with Crippen molar-refractivity contribution in [3.63, 3.8) is 0 Å². The molecular weight excluding hydrogens is 284 g/mol. The van der Waals surface area contributed by atoms with Crippen LogP contribution in [0, 0.1) is 6.92 Å². The summed E-state index contributed by atoms with van der Waals surface area (Å²) in [6, 6.07) is 12.7. The van der Waals surface area contributed by atoms with Gasteiger partial charge in [0.2, 0.25) is 0 Å². The second-order valence-corrected chi connectivity index (χ2v) is 5.54. The Morgan fingerprint density at radius 3 is 2.62 bits per heavy atom. The SMILES string of the molecule is Cc1ccccc1Nc1nc(-c2ccc(O)c(O)c2)cs1. The van der Waals surface area contributed by atoms with Gasteiger partial charge in [0.1, 0.15) is 0 Å². The Labute approximate surface area is 126 Å². The summed E-state index contributed by atoms with van der Waals surface area (Å²) in [6.45, 7) is 2.04. The van der Waals surface area contributed by atoms with Gasteiger partial charge in [0, 0.05) is 16.6 Å². The first-order valence-corrected chi connectivity index (χ1v) is 7.32. The van der Waals surface area contributed by atoms with Crippen LogP contribution in [0.5, 0.6) is 11.5 Å². The van der Waals surface area contributed by atoms with E-state index in [1.165, 1.54) is 23.5 Å². The minimum Gasteiger partial charge on any atom is -0.504 e. The first kappa shape index (κ1) is 13.5. The fraction of sp³-hybridized carbons (Fsp3) is 0.0625. The normalized spacial score (nSPS) is 10.5. The summed E-state index contributed by atoms with van der Waals surface area (Å²) in [4.78, 5) is 4.50. The summed E-state index contributed by atoms with van der Waals surface area (Å²) in [6.07, 6.45) is 0. The number of nitrogens with zero attached hydrogens (tertiary/aromatic N) is 1. The van der Waals surface area contributed by atoms with Crippen LogP contribution < -0.4 is 5.32 Å². The van der Waals surface area contributed by atoms with Gasteiger partial charge in [-0.2, -0.15) is 0 Å². The van der Waals surface area contributed by atoms with Crippen molar-refractivity contribution in [2.24, 2.45) is 0 Å². The van der Waals surface area contributed by atoms with Crippen molar-refractivity contribution in [1.29, 1.82) is 0 Å². The van der Waals surface area contributed by atoms with Gasteiger partial charge in [0.25, 0.3) is 0 Å². The molecule has 0 unspecified atom stereocenters. The van der Waals surface area contributed by atoms with Gasteiger partial charge in [-0.15, -0.1) is 11.3 Å². The van der Waals surface area contributed by atoms with E-state index in [4.69, 9.17) is 0 Å². The summed E-state index contributed by atoms with van der Waals surface area (Å²) in [5.74, 6) is -0.277. The lowest BCUT2D eigenvalue weighted by Crippen LogP contribution is -1.91. The summed E-state index contributed by atoms with van der Waals surface area (Å²) in [7, 11) is 0. The number of phenols is 2. The molecule has 0 saturated heterocycles. The van der Waals surface area contributed by atoms with E-state index in [2.05, 4.69) is 10.3 Å². The van der Waals surface area contributed by atoms with E-state index in [0.717, 1.165) is 27.6 Å². The molecule has 0 aliphatic rings. The molecule has 0 aliphatic heterocycles. The van der Waals surface area contributed by atoms with Crippen LogP contribution in [0.15, 0.2) is 47.8 Å². The molecule has 0 atom stereocenters. The standard InChI is InChI=1S/C16H14N2O2S/c1-10-4-2-3-5-12(10)17-16-18-13(9-21-16)11-6-7-14(19)15(20)8-11/h2-9,19-20H,1H3,(H,17,18). The smallest absolute Gasteiger partial charge is 0.187 e. The monoisotopic (exact) mass is 298 g/mol. The first-order chi connectivity index (χ1) is 10.1. The molecule has 106 valence electrons. The lowest BCUT2D eigenvalue weighted by molar-refractivity contribution is 0.404. The molecule has 1 heterocycles. The second kappa shape index (κ2) is 5.46. The van der Waals surface area contributed by atoms with E-state index in [1.54, 1.807) is 6.07 Å². The number of anilines is 2. The highest BCUT2D eigenvalue weighted by molar-refractivity contribution is 7.14. The number of thiazole rings is 1. The molecule has 21 heavy (non-hydrogen) atoms. The topological polar surface area (TPSA) is 65.4 Å². The number of phenolic OH excluding ortho intramolecular Hbond substituents is 2. The number of rotatable bonds is 3. The van der Waals surface area contributed by atoms with E-state index in [-0.39, 0.29) is 11.5 Å². The molecule has 0 radical (unpaired) electrons. The highest BCUT2D eigenvalue weighted by atomic mass is 32.1. The molecule has 4 nitrogen and oxygen atoms in total. The van der Waals surface area contributed by atoms with Gasteiger partial charge in [-0.1, -0.05) is 18.2 Å². The van der Waals surface area contributed by atoms with Gasteiger partial charge < -0.3 is 15.5 Å². The largest absolute Gasteiger partial charge is 0.504 e. The Bertz CT molecular complexity index is 783. The number of benzene rings is 2. The average Bonchev–Trinajstić information content (AvgIpc) is 2.93. The molecular formula is C16H14N2O2S. The van der Waals surface area contributed by atoms with Crippen LogP contribution in [0.25, 0.3) is 11.3 Å². The van der Waals surface area contributed by atoms with Crippen molar-refractivity contribution in [2.45, 2.75) is 6.92 Å². The van der Waals surface area contributed by atoms with Crippen molar-refractivity contribution in [2.75, 3.05) is 5.32 Å². The quantitative estimate of drug-likeness (QED) is 0.632. The van der Waals surface area contributed by atoms with Gasteiger partial charge in [0.05, 0.1) is 5.69 Å². The molecule has 0 aliphatic carbocycles. The summed E-state index contributed by atoms with van der Waals surface area (Å²) < 4.78 is 0. The zero-order valence-corrected chi connectivity index (χ0v) is 12.2. The number of aromatic hydroxyl groups is 2. The van der Waals surface area contributed by atoms with Crippen LogP contribution in [-0.2, 0) is 0 Å². The fourth-order valence-corrected chi connectivity index (χ4v) is 2.71. The molecule has 0 bridgehead atoms. The van der Waals surface area contributed by atoms with Gasteiger partial charge in [-0.3, -0.25) is 0 Å². The Hall–Kier alpha value is -2.53. The van der Waals surface area contributed by atoms with E-state index < -0.39 is 0 Å². The molecule has 0 amide bonds. The predicted molar refractivity (Wildman–Crippen MR) is 85.3 cm³/mol. The van der Waals surface area contributed by atoms with Crippen molar-refractivity contribution < 1.29 is 10.2 Å². The van der Waals surface area contributed by atoms with Crippen LogP contribution in [0.3, 0.4) is 0 Å². The number of nitrogens with one attached hydrogen (secondary N) is 1. The Balaban J connectivity index is 1.86. The molecule has 1 aromatic heterocycles. The summed E-state index contributed by atoms with van der Waals surface area (Å²) in [5, 5.41) is 24.9. The number of para-hydroxylation sites is 1. The van der Waals surface area contributed by atoms with Gasteiger partial charge in [-0.05, 0) is 36.8 Å². The van der Waals surface area contributed by atoms with Crippen molar-refractivity contribution in [3.8, 4) is 22.8 Å². The minimum absolute atomic E-state index is 0.132. The molecule has 3 rings (SSSR count). The highest BCUT2D eigenvalue weighted by Crippen LogP contribution is 2.33. The molecule has 0 spiro atoms. The van der Waals surface area contributed by atoms with E-state index in [9.17, 15) is 10.2 Å². The molecule has 3 N–H and O–H groups in total. The Morgan fingerprint density at radius 1 is 1.05 bits per heavy atom. The lowest BCUT2D eigenvalue weighted by Gasteiger charge is -2.05. The average molecular weight is 298 g/mol. The second-order valence-electron chi connectivity index (χ2n) is 4.68. The van der Waals surface area contributed by atoms with E-state index in [0.29, 0.717) is 0 Å². The Morgan fingerprint density at radius 2 is 1.86 bits per heavy atom. The maximum Gasteiger partial charge on any atom is 0.187 e. The van der Waals surface area contributed by atoms with Gasteiger partial charge in [0.15, 0.2) is 16.6 Å².